The Morgan fingerprint density at radius 1 is 0.720 bits per heavy atom. The van der Waals surface area contributed by atoms with Crippen LogP contribution in [0.1, 0.15) is 19.4 Å². The summed E-state index contributed by atoms with van der Waals surface area (Å²) in [5, 5.41) is 30.6. The third kappa shape index (κ3) is 6.33. The van der Waals surface area contributed by atoms with Crippen LogP contribution in [0.4, 0.5) is 46.5 Å². The number of pyridine rings is 1. The summed E-state index contributed by atoms with van der Waals surface area (Å²) in [6.45, 7) is 3.93. The van der Waals surface area contributed by atoms with Crippen LogP contribution in [0.5, 0.6) is 0 Å². The molecule has 50 heavy (non-hydrogen) atoms. The summed E-state index contributed by atoms with van der Waals surface area (Å²) in [4.78, 5) is 7.85. The third-order valence-electron chi connectivity index (χ3n) is 8.24. The van der Waals surface area contributed by atoms with Crippen molar-refractivity contribution in [3.05, 3.63) is 95.6 Å². The van der Waals surface area contributed by atoms with E-state index in [1.165, 1.54) is 38.1 Å². The zero-order valence-corrected chi connectivity index (χ0v) is 26.2. The van der Waals surface area contributed by atoms with E-state index < -0.39 is 69.4 Å². The highest BCUT2D eigenvalue weighted by Gasteiger charge is 2.56. The Hall–Kier alpha value is -5.16. The molecular formula is C33H27F8N7O2. The highest BCUT2D eigenvalue weighted by molar-refractivity contribution is 5.84. The van der Waals surface area contributed by atoms with Crippen LogP contribution < -0.4 is 9.80 Å². The van der Waals surface area contributed by atoms with E-state index in [-0.39, 0.29) is 16.8 Å². The summed E-state index contributed by atoms with van der Waals surface area (Å²) in [5.74, 6) is -9.91. The van der Waals surface area contributed by atoms with Crippen LogP contribution in [0.3, 0.4) is 0 Å². The van der Waals surface area contributed by atoms with Crippen LogP contribution in [0, 0.1) is 23.3 Å². The van der Waals surface area contributed by atoms with Gasteiger partial charge in [-0.15, -0.1) is 5.10 Å². The minimum absolute atomic E-state index is 0.0869. The van der Waals surface area contributed by atoms with E-state index in [0.717, 1.165) is 28.9 Å². The number of hydrogen-bond donors (Lipinski definition) is 2. The Morgan fingerprint density at radius 3 is 1.96 bits per heavy atom. The monoisotopic (exact) mass is 705 g/mol. The van der Waals surface area contributed by atoms with Crippen molar-refractivity contribution in [1.82, 2.24) is 25.2 Å². The first-order chi connectivity index (χ1) is 23.5. The molecule has 1 atom stereocenters. The highest BCUT2D eigenvalue weighted by atomic mass is 19.4. The van der Waals surface area contributed by atoms with Gasteiger partial charge in [0.25, 0.3) is 0 Å². The maximum absolute atomic E-state index is 16.1. The van der Waals surface area contributed by atoms with Gasteiger partial charge < -0.3 is 20.0 Å². The quantitative estimate of drug-likeness (QED) is 0.190. The molecule has 0 amide bonds. The second kappa shape index (κ2) is 12.6. The van der Waals surface area contributed by atoms with E-state index in [2.05, 4.69) is 20.5 Å². The van der Waals surface area contributed by atoms with Crippen LogP contribution >= 0.6 is 0 Å². The lowest BCUT2D eigenvalue weighted by Gasteiger charge is -2.37. The molecule has 0 bridgehead atoms. The second-order valence-corrected chi connectivity index (χ2v) is 12.0. The number of hydrogen-bond acceptors (Lipinski definition) is 8. The van der Waals surface area contributed by atoms with Gasteiger partial charge in [-0.3, -0.25) is 0 Å². The van der Waals surface area contributed by atoms with Crippen molar-refractivity contribution in [1.29, 1.82) is 0 Å². The lowest BCUT2D eigenvalue weighted by Crippen LogP contribution is -2.46. The molecule has 9 nitrogen and oxygen atoms in total. The first kappa shape index (κ1) is 34.7. The SMILES string of the molecule is CC(C)(O)n1nnnc1-c1nc(-c2ccc(F)cc2F)c(-c2ccc(N3CCN(c4cccc([C@@](O)(F)C(F)(F)F)c4)CC3)cc2)c(F)c1F. The van der Waals surface area contributed by atoms with E-state index in [9.17, 15) is 32.2 Å². The molecule has 6 rings (SSSR count). The normalized spacial score (nSPS) is 15.4. The van der Waals surface area contributed by atoms with Gasteiger partial charge in [0.15, 0.2) is 17.4 Å². The fourth-order valence-electron chi connectivity index (χ4n) is 5.66. The summed E-state index contributed by atoms with van der Waals surface area (Å²) in [6, 6.07) is 13.1. The average molecular weight is 706 g/mol. The number of anilines is 2. The number of aliphatic hydroxyl groups is 2. The van der Waals surface area contributed by atoms with Crippen molar-refractivity contribution in [2.75, 3.05) is 36.0 Å². The van der Waals surface area contributed by atoms with Crippen molar-refractivity contribution in [3.8, 4) is 33.9 Å². The second-order valence-electron chi connectivity index (χ2n) is 12.0. The van der Waals surface area contributed by atoms with Gasteiger partial charge in [-0.25, -0.2) is 22.5 Å². The highest BCUT2D eigenvalue weighted by Crippen LogP contribution is 2.42. The van der Waals surface area contributed by atoms with E-state index in [4.69, 9.17) is 0 Å². The van der Waals surface area contributed by atoms with Gasteiger partial charge in [0.1, 0.15) is 17.3 Å². The minimum atomic E-state index is -5.52. The Balaban J connectivity index is 1.31. The fourth-order valence-corrected chi connectivity index (χ4v) is 5.66. The van der Waals surface area contributed by atoms with Crippen molar-refractivity contribution < 1.29 is 45.3 Å². The van der Waals surface area contributed by atoms with E-state index in [0.29, 0.717) is 37.9 Å². The topological polar surface area (TPSA) is 103 Å². The number of tetrazole rings is 1. The predicted octanol–water partition coefficient (Wildman–Crippen LogP) is 6.31. The van der Waals surface area contributed by atoms with Crippen LogP contribution in [-0.4, -0.2) is 67.8 Å². The molecule has 1 aliphatic rings. The summed E-state index contributed by atoms with van der Waals surface area (Å²) in [5.41, 5.74) is -3.61. The number of benzene rings is 3. The molecule has 0 saturated carbocycles. The van der Waals surface area contributed by atoms with Crippen molar-refractivity contribution in [2.45, 2.75) is 31.6 Å². The number of rotatable bonds is 7. The zero-order chi connectivity index (χ0) is 36.2. The van der Waals surface area contributed by atoms with Gasteiger partial charge >= 0.3 is 12.0 Å². The number of halogens is 8. The Morgan fingerprint density at radius 2 is 1.36 bits per heavy atom. The lowest BCUT2D eigenvalue weighted by atomic mass is 9.97. The van der Waals surface area contributed by atoms with Gasteiger partial charge in [-0.1, -0.05) is 24.3 Å². The van der Waals surface area contributed by atoms with Crippen molar-refractivity contribution >= 4 is 11.4 Å². The number of piperazine rings is 1. The summed E-state index contributed by atoms with van der Waals surface area (Å²) in [6.07, 6.45) is -5.52. The first-order valence-electron chi connectivity index (χ1n) is 15.0. The van der Waals surface area contributed by atoms with Crippen LogP contribution in [0.25, 0.3) is 33.9 Å². The van der Waals surface area contributed by atoms with Gasteiger partial charge in [0, 0.05) is 60.3 Å². The number of aromatic nitrogens is 5. The first-order valence-corrected chi connectivity index (χ1v) is 15.0. The van der Waals surface area contributed by atoms with Crippen molar-refractivity contribution in [2.24, 2.45) is 0 Å². The van der Waals surface area contributed by atoms with Crippen LogP contribution in [0.15, 0.2) is 66.7 Å². The molecule has 17 heteroatoms. The maximum atomic E-state index is 16.1. The van der Waals surface area contributed by atoms with E-state index in [1.54, 1.807) is 17.0 Å². The molecular weight excluding hydrogens is 678 g/mol. The molecule has 1 fully saturated rings. The summed E-state index contributed by atoms with van der Waals surface area (Å²) < 4.78 is 115. The van der Waals surface area contributed by atoms with E-state index in [1.807, 2.05) is 4.90 Å². The van der Waals surface area contributed by atoms with Gasteiger partial charge in [0.05, 0.1) is 5.69 Å². The lowest BCUT2D eigenvalue weighted by molar-refractivity contribution is -0.323. The van der Waals surface area contributed by atoms with Gasteiger partial charge in [0.2, 0.25) is 5.82 Å². The Bertz CT molecular complexity index is 2040. The van der Waals surface area contributed by atoms with Crippen molar-refractivity contribution in [3.63, 3.8) is 0 Å². The molecule has 2 N–H and O–H groups in total. The summed E-state index contributed by atoms with van der Waals surface area (Å²) in [7, 11) is 0. The third-order valence-corrected chi connectivity index (χ3v) is 8.24. The largest absolute Gasteiger partial charge is 0.453 e. The smallest absolute Gasteiger partial charge is 0.369 e. The zero-order valence-electron chi connectivity index (χ0n) is 26.2. The fraction of sp³-hybridized carbons (Fsp3) is 0.273. The molecule has 1 saturated heterocycles. The molecule has 2 aromatic heterocycles. The molecule has 5 aromatic rings. The van der Waals surface area contributed by atoms with Gasteiger partial charge in [-0.2, -0.15) is 22.2 Å². The van der Waals surface area contributed by atoms with E-state index >= 15 is 13.2 Å². The standard InChI is InChI=1S/C33H27F8N7O2/c1-31(2,49)48-30(43-44-45-48)29-27(37)26(36)25(28(42-29)23-11-8-20(34)17-24(23)35)18-6-9-21(10-7-18)46-12-14-47(15-13-46)22-5-3-4-19(16-22)32(38,50)33(39,40)41/h3-11,16-17,49-50H,12-15H2,1-2H3/t32-/m0/s1. The number of nitrogens with zero attached hydrogens (tertiary/aromatic N) is 7. The molecule has 262 valence electrons. The molecule has 0 spiro atoms. The summed E-state index contributed by atoms with van der Waals surface area (Å²) >= 11 is 0. The molecule has 3 heterocycles. The molecule has 1 aliphatic heterocycles. The average Bonchev–Trinajstić information content (AvgIpc) is 3.57. The predicted molar refractivity (Wildman–Crippen MR) is 165 cm³/mol. The molecule has 0 unspecified atom stereocenters. The van der Waals surface area contributed by atoms with Crippen LogP contribution in [-0.2, 0) is 11.6 Å². The number of alkyl halides is 4. The minimum Gasteiger partial charge on any atom is -0.369 e. The van der Waals surface area contributed by atoms with Gasteiger partial charge in [-0.05, 0) is 66.2 Å². The molecule has 0 radical (unpaired) electrons. The maximum Gasteiger partial charge on any atom is 0.453 e. The Kier molecular flexibility index (Phi) is 8.76. The molecule has 0 aliphatic carbocycles. The van der Waals surface area contributed by atoms with Crippen LogP contribution in [0.2, 0.25) is 0 Å². The molecule has 3 aromatic carbocycles. The Labute approximate surface area is 279 Å².